The quantitative estimate of drug-likeness (QED) is 0.715. The predicted molar refractivity (Wildman–Crippen MR) is 85.4 cm³/mol. The lowest BCUT2D eigenvalue weighted by Gasteiger charge is -2.15. The Kier molecular flexibility index (Phi) is 7.16. The van der Waals surface area contributed by atoms with Crippen LogP contribution in [0, 0.1) is 0 Å². The van der Waals surface area contributed by atoms with E-state index in [1.54, 1.807) is 0 Å². The largest absolute Gasteiger partial charge is 0.573 e. The number of benzene rings is 2. The van der Waals surface area contributed by atoms with Gasteiger partial charge >= 0.3 is 12.5 Å². The van der Waals surface area contributed by atoms with Gasteiger partial charge in [0.05, 0.1) is 5.56 Å². The molecule has 0 spiro atoms. The molecule has 0 radical (unpaired) electrons. The van der Waals surface area contributed by atoms with Gasteiger partial charge in [-0.05, 0) is 35.4 Å². The summed E-state index contributed by atoms with van der Waals surface area (Å²) in [5.74, 6) is -0.825. The third-order valence-electron chi connectivity index (χ3n) is 3.08. The van der Waals surface area contributed by atoms with Gasteiger partial charge in [0.1, 0.15) is 18.1 Å². The predicted octanol–water partition coefficient (Wildman–Crippen LogP) is 5.03. The van der Waals surface area contributed by atoms with Gasteiger partial charge in [-0.25, -0.2) is 0 Å². The first-order chi connectivity index (χ1) is 11.6. The van der Waals surface area contributed by atoms with Gasteiger partial charge in [0.2, 0.25) is 0 Å². The van der Waals surface area contributed by atoms with Crippen molar-refractivity contribution in [3.8, 4) is 22.6 Å². The molecule has 3 nitrogen and oxygen atoms in total. The second-order valence-electron chi connectivity index (χ2n) is 4.92. The molecule has 0 unspecified atom stereocenters. The fraction of sp³-hybridized carbons (Fsp3) is 0.250. The first-order valence-electron chi connectivity index (χ1n) is 7.00. The molecule has 2 rings (SSSR count). The SMILES string of the molecule is Cl.NCCOc1ccc(-c2ccc(OC(F)(F)F)cc2)cc1C(F)(F)F. The maximum atomic E-state index is 13.2. The molecular formula is C16H14ClF6NO2. The Labute approximate surface area is 151 Å². The number of hydrogen-bond donors (Lipinski definition) is 1. The highest BCUT2D eigenvalue weighted by Gasteiger charge is 2.35. The number of alkyl halides is 6. The summed E-state index contributed by atoms with van der Waals surface area (Å²) in [5.41, 5.74) is 4.69. The molecule has 26 heavy (non-hydrogen) atoms. The van der Waals surface area contributed by atoms with Crippen molar-refractivity contribution in [1.29, 1.82) is 0 Å². The van der Waals surface area contributed by atoms with Crippen molar-refractivity contribution in [2.45, 2.75) is 12.5 Å². The molecule has 0 aliphatic heterocycles. The third-order valence-corrected chi connectivity index (χ3v) is 3.08. The zero-order valence-corrected chi connectivity index (χ0v) is 13.8. The molecule has 0 aliphatic carbocycles. The Hall–Kier alpha value is -2.13. The molecule has 0 saturated carbocycles. The lowest BCUT2D eigenvalue weighted by atomic mass is 10.0. The van der Waals surface area contributed by atoms with Gasteiger partial charge in [0.25, 0.3) is 0 Å². The van der Waals surface area contributed by atoms with Crippen molar-refractivity contribution in [3.05, 3.63) is 48.0 Å². The summed E-state index contributed by atoms with van der Waals surface area (Å²) in [6.07, 6.45) is -9.49. The first-order valence-corrected chi connectivity index (χ1v) is 7.00. The van der Waals surface area contributed by atoms with E-state index in [1.807, 2.05) is 0 Å². The lowest BCUT2D eigenvalue weighted by molar-refractivity contribution is -0.274. The summed E-state index contributed by atoms with van der Waals surface area (Å²) in [5, 5.41) is 0. The van der Waals surface area contributed by atoms with E-state index < -0.39 is 23.9 Å². The Balaban J connectivity index is 0.00000338. The summed E-state index contributed by atoms with van der Waals surface area (Å²) >= 11 is 0. The molecule has 2 N–H and O–H groups in total. The summed E-state index contributed by atoms with van der Waals surface area (Å²) in [6, 6.07) is 7.90. The van der Waals surface area contributed by atoms with Crippen LogP contribution in [-0.2, 0) is 6.18 Å². The van der Waals surface area contributed by atoms with Crippen molar-refractivity contribution in [2.75, 3.05) is 13.2 Å². The monoisotopic (exact) mass is 401 g/mol. The number of hydrogen-bond acceptors (Lipinski definition) is 3. The van der Waals surface area contributed by atoms with Crippen LogP contribution < -0.4 is 15.2 Å². The van der Waals surface area contributed by atoms with Gasteiger partial charge in [0, 0.05) is 6.54 Å². The maximum absolute atomic E-state index is 13.2. The van der Waals surface area contributed by atoms with Gasteiger partial charge in [-0.2, -0.15) is 13.2 Å². The minimum Gasteiger partial charge on any atom is -0.492 e. The molecule has 0 fully saturated rings. The van der Waals surface area contributed by atoms with Crippen LogP contribution in [0.2, 0.25) is 0 Å². The highest BCUT2D eigenvalue weighted by atomic mass is 35.5. The second-order valence-corrected chi connectivity index (χ2v) is 4.92. The molecule has 10 heteroatoms. The van der Waals surface area contributed by atoms with Gasteiger partial charge in [-0.1, -0.05) is 18.2 Å². The van der Waals surface area contributed by atoms with E-state index in [-0.39, 0.29) is 36.9 Å². The van der Waals surface area contributed by atoms with Gasteiger partial charge in [-0.15, -0.1) is 25.6 Å². The summed E-state index contributed by atoms with van der Waals surface area (Å²) in [7, 11) is 0. The van der Waals surface area contributed by atoms with Crippen molar-refractivity contribution in [3.63, 3.8) is 0 Å². The van der Waals surface area contributed by atoms with E-state index in [9.17, 15) is 26.3 Å². The molecule has 0 saturated heterocycles. The highest BCUT2D eigenvalue weighted by Crippen LogP contribution is 2.39. The van der Waals surface area contributed by atoms with Crippen LogP contribution in [-0.4, -0.2) is 19.5 Å². The van der Waals surface area contributed by atoms with Crippen LogP contribution >= 0.6 is 12.4 Å². The minimum absolute atomic E-state index is 0. The van der Waals surface area contributed by atoms with E-state index in [4.69, 9.17) is 10.5 Å². The normalized spacial score (nSPS) is 11.7. The lowest BCUT2D eigenvalue weighted by Crippen LogP contribution is -2.16. The maximum Gasteiger partial charge on any atom is 0.573 e. The average molecular weight is 402 g/mol. The molecule has 144 valence electrons. The molecule has 0 aliphatic rings. The number of halogens is 7. The van der Waals surface area contributed by atoms with Crippen LogP contribution in [0.1, 0.15) is 5.56 Å². The Morgan fingerprint density at radius 2 is 1.42 bits per heavy atom. The molecule has 0 bridgehead atoms. The number of nitrogens with two attached hydrogens (primary N) is 1. The van der Waals surface area contributed by atoms with E-state index >= 15 is 0 Å². The third kappa shape index (κ3) is 5.99. The smallest absolute Gasteiger partial charge is 0.492 e. The summed E-state index contributed by atoms with van der Waals surface area (Å²) in [4.78, 5) is 0. The fourth-order valence-electron chi connectivity index (χ4n) is 2.07. The first kappa shape index (κ1) is 21.9. The van der Waals surface area contributed by atoms with E-state index in [1.165, 1.54) is 18.2 Å². The molecular weight excluding hydrogens is 388 g/mol. The zero-order chi connectivity index (χ0) is 18.7. The molecule has 2 aromatic carbocycles. The molecule has 0 atom stereocenters. The van der Waals surface area contributed by atoms with Crippen molar-refractivity contribution >= 4 is 12.4 Å². The molecule has 0 heterocycles. The van der Waals surface area contributed by atoms with E-state index in [0.717, 1.165) is 24.3 Å². The van der Waals surface area contributed by atoms with Crippen LogP contribution in [0.5, 0.6) is 11.5 Å². The minimum atomic E-state index is -4.84. The average Bonchev–Trinajstić information content (AvgIpc) is 2.51. The topological polar surface area (TPSA) is 44.5 Å². The standard InChI is InChI=1S/C16H13F6NO2.ClH/c17-15(18,19)13-9-11(3-6-14(13)24-8-7-23)10-1-4-12(5-2-10)25-16(20,21)22;/h1-6,9H,7-8,23H2;1H. The van der Waals surface area contributed by atoms with Crippen LogP contribution in [0.4, 0.5) is 26.3 Å². The fourth-order valence-corrected chi connectivity index (χ4v) is 2.07. The van der Waals surface area contributed by atoms with Gasteiger partial charge in [-0.3, -0.25) is 0 Å². The summed E-state index contributed by atoms with van der Waals surface area (Å²) in [6.45, 7) is -0.0222. The zero-order valence-electron chi connectivity index (χ0n) is 13.0. The van der Waals surface area contributed by atoms with Gasteiger partial charge in [0.15, 0.2) is 0 Å². The summed E-state index contributed by atoms with van der Waals surface area (Å²) < 4.78 is 84.6. The molecule has 0 amide bonds. The second kappa shape index (κ2) is 8.50. The van der Waals surface area contributed by atoms with Crippen LogP contribution in [0.15, 0.2) is 42.5 Å². The number of rotatable bonds is 5. The van der Waals surface area contributed by atoms with E-state index in [0.29, 0.717) is 5.56 Å². The van der Waals surface area contributed by atoms with Crippen molar-refractivity contribution in [2.24, 2.45) is 5.73 Å². The Morgan fingerprint density at radius 3 is 1.92 bits per heavy atom. The van der Waals surface area contributed by atoms with Crippen LogP contribution in [0.3, 0.4) is 0 Å². The molecule has 0 aromatic heterocycles. The molecule has 2 aromatic rings. The van der Waals surface area contributed by atoms with Crippen LogP contribution in [0.25, 0.3) is 11.1 Å². The van der Waals surface area contributed by atoms with E-state index in [2.05, 4.69) is 4.74 Å². The highest BCUT2D eigenvalue weighted by molar-refractivity contribution is 5.85. The Bertz CT molecular complexity index is 716. The van der Waals surface area contributed by atoms with Crippen molar-refractivity contribution < 1.29 is 35.8 Å². The van der Waals surface area contributed by atoms with Gasteiger partial charge < -0.3 is 15.2 Å². The van der Waals surface area contributed by atoms with Crippen molar-refractivity contribution in [1.82, 2.24) is 0 Å². The number of ether oxygens (including phenoxy) is 2. The Morgan fingerprint density at radius 1 is 0.846 bits per heavy atom.